The van der Waals surface area contributed by atoms with Crippen molar-refractivity contribution in [3.05, 3.63) is 66.0 Å². The third-order valence-electron chi connectivity index (χ3n) is 4.44. The predicted octanol–water partition coefficient (Wildman–Crippen LogP) is 2.90. The second-order valence-electron chi connectivity index (χ2n) is 6.69. The average molecular weight is 385 g/mol. The molecule has 8 heteroatoms. The summed E-state index contributed by atoms with van der Waals surface area (Å²) in [5.41, 5.74) is 2.75. The molecule has 2 aromatic carbocycles. The third kappa shape index (κ3) is 4.40. The van der Waals surface area contributed by atoms with Gasteiger partial charge < -0.3 is 0 Å². The van der Waals surface area contributed by atoms with Gasteiger partial charge in [-0.15, -0.1) is 5.10 Å². The summed E-state index contributed by atoms with van der Waals surface area (Å²) in [6.45, 7) is 6.09. The van der Waals surface area contributed by atoms with Crippen molar-refractivity contribution < 1.29 is 8.42 Å². The topological polar surface area (TPSA) is 89.8 Å². The fourth-order valence-electron chi connectivity index (χ4n) is 2.86. The normalized spacial score (nSPS) is 13.0. The van der Waals surface area contributed by atoms with Crippen LogP contribution in [0.4, 0.5) is 0 Å². The lowest BCUT2D eigenvalue weighted by Crippen LogP contribution is -2.32. The van der Waals surface area contributed by atoms with Crippen molar-refractivity contribution >= 4 is 10.0 Å². The minimum atomic E-state index is -3.71. The van der Waals surface area contributed by atoms with Gasteiger partial charge in [-0.3, -0.25) is 0 Å². The molecule has 0 saturated carbocycles. The van der Waals surface area contributed by atoms with Gasteiger partial charge in [0.15, 0.2) is 0 Å². The quantitative estimate of drug-likeness (QED) is 0.675. The Hall–Kier alpha value is -2.58. The van der Waals surface area contributed by atoms with Crippen LogP contribution in [0.5, 0.6) is 0 Å². The maximum atomic E-state index is 13.0. The molecule has 3 rings (SSSR count). The van der Waals surface area contributed by atoms with Crippen LogP contribution in [0.3, 0.4) is 0 Å². The molecule has 0 bridgehead atoms. The molecule has 3 aromatic rings. The van der Waals surface area contributed by atoms with Gasteiger partial charge in [0, 0.05) is 6.04 Å². The van der Waals surface area contributed by atoms with Gasteiger partial charge in [0.25, 0.3) is 0 Å². The summed E-state index contributed by atoms with van der Waals surface area (Å²) < 4.78 is 30.3. The van der Waals surface area contributed by atoms with Gasteiger partial charge in [-0.2, -0.15) is 0 Å². The average Bonchev–Trinajstić information content (AvgIpc) is 3.21. The van der Waals surface area contributed by atoms with Gasteiger partial charge >= 0.3 is 0 Å². The summed E-state index contributed by atoms with van der Waals surface area (Å²) in [4.78, 5) is 0.173. The first-order chi connectivity index (χ1) is 12.9. The van der Waals surface area contributed by atoms with Crippen LogP contribution in [0.2, 0.25) is 0 Å². The molecule has 0 saturated heterocycles. The monoisotopic (exact) mass is 385 g/mol. The van der Waals surface area contributed by atoms with Gasteiger partial charge in [0.2, 0.25) is 10.0 Å². The first-order valence-corrected chi connectivity index (χ1v) is 10.3. The smallest absolute Gasteiger partial charge is 0.207 e. The van der Waals surface area contributed by atoms with E-state index in [-0.39, 0.29) is 16.9 Å². The fourth-order valence-corrected chi connectivity index (χ4v) is 4.27. The van der Waals surface area contributed by atoms with Crippen LogP contribution < -0.4 is 4.72 Å². The zero-order valence-electron chi connectivity index (χ0n) is 15.6. The van der Waals surface area contributed by atoms with E-state index in [0.717, 1.165) is 12.0 Å². The number of nitrogens with one attached hydrogen (secondary N) is 1. The Morgan fingerprint density at radius 3 is 2.44 bits per heavy atom. The molecule has 0 aliphatic carbocycles. The van der Waals surface area contributed by atoms with E-state index in [1.807, 2.05) is 38.1 Å². The summed E-state index contributed by atoms with van der Waals surface area (Å²) in [6, 6.07) is 14.3. The Kier molecular flexibility index (Phi) is 5.67. The van der Waals surface area contributed by atoms with Crippen molar-refractivity contribution in [1.82, 2.24) is 24.9 Å². The number of hydrogen-bond acceptors (Lipinski definition) is 5. The van der Waals surface area contributed by atoms with Crippen LogP contribution in [-0.2, 0) is 16.4 Å². The standard InChI is InChI=1S/C19H23N5O2S/c1-4-15-8-10-16(11-9-15)19(14(2)3)21-27(25,26)18-7-5-6-17(12-18)24-13-20-22-23-24/h5-14,19,21H,4H2,1-3H3. The molecule has 0 aliphatic rings. The minimum absolute atomic E-state index is 0.0925. The first-order valence-electron chi connectivity index (χ1n) is 8.85. The highest BCUT2D eigenvalue weighted by molar-refractivity contribution is 7.89. The van der Waals surface area contributed by atoms with Crippen molar-refractivity contribution in [3.63, 3.8) is 0 Å². The Labute approximate surface area is 159 Å². The van der Waals surface area contributed by atoms with E-state index in [2.05, 4.69) is 27.2 Å². The Morgan fingerprint density at radius 1 is 1.11 bits per heavy atom. The second kappa shape index (κ2) is 7.98. The van der Waals surface area contributed by atoms with Crippen molar-refractivity contribution in [2.45, 2.75) is 38.1 Å². The summed E-state index contributed by atoms with van der Waals surface area (Å²) >= 11 is 0. The molecule has 7 nitrogen and oxygen atoms in total. The molecule has 27 heavy (non-hydrogen) atoms. The molecule has 0 amide bonds. The van der Waals surface area contributed by atoms with E-state index in [0.29, 0.717) is 5.69 Å². The lowest BCUT2D eigenvalue weighted by molar-refractivity contribution is 0.463. The lowest BCUT2D eigenvalue weighted by Gasteiger charge is -2.23. The zero-order chi connectivity index (χ0) is 19.4. The molecule has 1 atom stereocenters. The maximum Gasteiger partial charge on any atom is 0.241 e. The molecular formula is C19H23N5O2S. The van der Waals surface area contributed by atoms with Gasteiger partial charge in [-0.05, 0) is 52.1 Å². The number of hydrogen-bond donors (Lipinski definition) is 1. The van der Waals surface area contributed by atoms with E-state index in [1.54, 1.807) is 24.3 Å². The summed E-state index contributed by atoms with van der Waals surface area (Å²) in [6.07, 6.45) is 2.37. The van der Waals surface area contributed by atoms with Gasteiger partial charge in [-0.1, -0.05) is 51.1 Å². The number of aryl methyl sites for hydroxylation is 1. The van der Waals surface area contributed by atoms with Crippen molar-refractivity contribution in [2.24, 2.45) is 5.92 Å². The van der Waals surface area contributed by atoms with E-state index in [1.165, 1.54) is 16.6 Å². The SMILES string of the molecule is CCc1ccc(C(NS(=O)(=O)c2cccc(-n3cnnn3)c2)C(C)C)cc1. The highest BCUT2D eigenvalue weighted by Gasteiger charge is 2.24. The third-order valence-corrected chi connectivity index (χ3v) is 5.88. The fraction of sp³-hybridized carbons (Fsp3) is 0.316. The highest BCUT2D eigenvalue weighted by atomic mass is 32.2. The number of tetrazole rings is 1. The second-order valence-corrected chi connectivity index (χ2v) is 8.40. The summed E-state index contributed by atoms with van der Waals surface area (Å²) in [5.74, 6) is 0.0925. The number of benzene rings is 2. The maximum absolute atomic E-state index is 13.0. The van der Waals surface area contributed by atoms with Crippen LogP contribution >= 0.6 is 0 Å². The molecule has 1 aromatic heterocycles. The summed E-state index contributed by atoms with van der Waals surface area (Å²) in [5, 5.41) is 11.0. The van der Waals surface area contributed by atoms with Gasteiger partial charge in [-0.25, -0.2) is 17.8 Å². The van der Waals surface area contributed by atoms with Crippen LogP contribution in [0.15, 0.2) is 59.8 Å². The number of aromatic nitrogens is 4. The van der Waals surface area contributed by atoms with E-state index in [4.69, 9.17) is 0 Å². The van der Waals surface area contributed by atoms with E-state index >= 15 is 0 Å². The van der Waals surface area contributed by atoms with Crippen molar-refractivity contribution in [1.29, 1.82) is 0 Å². The molecule has 1 heterocycles. The largest absolute Gasteiger partial charge is 0.241 e. The molecule has 1 N–H and O–H groups in total. The molecule has 1 unspecified atom stereocenters. The number of rotatable bonds is 7. The first kappa shape index (κ1) is 19.2. The minimum Gasteiger partial charge on any atom is -0.207 e. The molecule has 0 spiro atoms. The lowest BCUT2D eigenvalue weighted by atomic mass is 9.96. The Morgan fingerprint density at radius 2 is 1.85 bits per heavy atom. The Balaban J connectivity index is 1.90. The van der Waals surface area contributed by atoms with Crippen LogP contribution in [-0.4, -0.2) is 28.6 Å². The molecule has 0 aliphatic heterocycles. The van der Waals surface area contributed by atoms with Crippen molar-refractivity contribution in [2.75, 3.05) is 0 Å². The highest BCUT2D eigenvalue weighted by Crippen LogP contribution is 2.25. The molecule has 0 radical (unpaired) electrons. The number of sulfonamides is 1. The molecular weight excluding hydrogens is 362 g/mol. The zero-order valence-corrected chi connectivity index (χ0v) is 16.4. The molecule has 0 fully saturated rings. The number of nitrogens with zero attached hydrogens (tertiary/aromatic N) is 4. The van der Waals surface area contributed by atoms with Crippen LogP contribution in [0, 0.1) is 5.92 Å². The van der Waals surface area contributed by atoms with Crippen molar-refractivity contribution in [3.8, 4) is 5.69 Å². The summed E-state index contributed by atoms with van der Waals surface area (Å²) in [7, 11) is -3.71. The van der Waals surface area contributed by atoms with Crippen LogP contribution in [0.25, 0.3) is 5.69 Å². The van der Waals surface area contributed by atoms with Crippen LogP contribution in [0.1, 0.15) is 37.9 Å². The Bertz CT molecular complexity index is 983. The predicted molar refractivity (Wildman–Crippen MR) is 103 cm³/mol. The molecule has 142 valence electrons. The van der Waals surface area contributed by atoms with Gasteiger partial charge in [0.1, 0.15) is 6.33 Å². The van der Waals surface area contributed by atoms with E-state index < -0.39 is 10.0 Å². The van der Waals surface area contributed by atoms with Gasteiger partial charge in [0.05, 0.1) is 10.6 Å². The van der Waals surface area contributed by atoms with E-state index in [9.17, 15) is 8.42 Å².